The molecule has 0 heterocycles. The van der Waals surface area contributed by atoms with Crippen LogP contribution in [0.15, 0.2) is 0 Å². The zero-order valence-electron chi connectivity index (χ0n) is 6.16. The Labute approximate surface area is 156 Å². The fourth-order valence-corrected chi connectivity index (χ4v) is 0. The molecule has 0 amide bonds. The molecule has 0 atom stereocenters. The Hall–Kier alpha value is 2.83. The molecule has 0 aromatic rings. The first-order chi connectivity index (χ1) is 3.83. The molecule has 1 N–H and O–H groups in total. The number of hydrogen-bond acceptors (Lipinski definition) is 3. The van der Waals surface area contributed by atoms with E-state index in [1.54, 1.807) is 0 Å². The van der Waals surface area contributed by atoms with Gasteiger partial charge in [0.2, 0.25) is 0 Å². The monoisotopic (exact) mass is 226 g/mol. The fourth-order valence-electron chi connectivity index (χ4n) is 0. The SMILES string of the molecule is CO.[K+].[K+].[N-]=C=S.[N-]=C=S. The van der Waals surface area contributed by atoms with Crippen LogP contribution < -0.4 is 103 Å². The van der Waals surface area contributed by atoms with Gasteiger partial charge in [0.25, 0.3) is 0 Å². The predicted octanol–water partition coefficient (Wildman–Crippen LogP) is -5.07. The summed E-state index contributed by atoms with van der Waals surface area (Å²) in [7, 11) is 1.00. The molecule has 10 heavy (non-hydrogen) atoms. The number of hydrogen-bond donors (Lipinski definition) is 1. The van der Waals surface area contributed by atoms with E-state index in [9.17, 15) is 0 Å². The first-order valence-corrected chi connectivity index (χ1v) is 2.12. The Morgan fingerprint density at radius 2 is 1.00 bits per heavy atom. The van der Waals surface area contributed by atoms with Gasteiger partial charge in [-0.3, -0.25) is 0 Å². The number of aliphatic hydroxyl groups excluding tert-OH is 1. The van der Waals surface area contributed by atoms with Gasteiger partial charge in [-0.05, 0) is 0 Å². The van der Waals surface area contributed by atoms with Gasteiger partial charge in [-0.1, -0.05) is 24.4 Å². The van der Waals surface area contributed by atoms with E-state index in [4.69, 9.17) is 15.9 Å². The summed E-state index contributed by atoms with van der Waals surface area (Å²) in [6.07, 6.45) is 0. The van der Waals surface area contributed by atoms with Crippen LogP contribution in [-0.2, 0) is 0 Å². The minimum atomic E-state index is 0. The van der Waals surface area contributed by atoms with Crippen molar-refractivity contribution in [3.63, 3.8) is 0 Å². The molecule has 0 fully saturated rings. The van der Waals surface area contributed by atoms with Crippen LogP contribution in [-0.4, -0.2) is 22.5 Å². The molecule has 46 valence electrons. The van der Waals surface area contributed by atoms with Crippen molar-refractivity contribution in [2.75, 3.05) is 7.11 Å². The molecule has 0 rings (SSSR count). The van der Waals surface area contributed by atoms with Gasteiger partial charge < -0.3 is 15.9 Å². The Kier molecular flexibility index (Phi) is 174. The third-order valence-electron chi connectivity index (χ3n) is 0. The van der Waals surface area contributed by atoms with Gasteiger partial charge in [-0.15, -0.1) is 0 Å². The minimum Gasteiger partial charge on any atom is -0.753 e. The van der Waals surface area contributed by atoms with Gasteiger partial charge >= 0.3 is 103 Å². The molecule has 0 aromatic heterocycles. The van der Waals surface area contributed by atoms with E-state index in [2.05, 4.69) is 24.4 Å². The van der Waals surface area contributed by atoms with Crippen molar-refractivity contribution in [3.8, 4) is 0 Å². The van der Waals surface area contributed by atoms with E-state index < -0.39 is 0 Å². The summed E-state index contributed by atoms with van der Waals surface area (Å²) in [6.45, 7) is 0. The van der Waals surface area contributed by atoms with E-state index in [-0.39, 0.29) is 103 Å². The second kappa shape index (κ2) is 59.5. The molecule has 0 bridgehead atoms. The van der Waals surface area contributed by atoms with Crippen LogP contribution in [0.25, 0.3) is 10.8 Å². The summed E-state index contributed by atoms with van der Waals surface area (Å²) < 4.78 is 0. The molecule has 0 aliphatic carbocycles. The third kappa shape index (κ3) is 131. The average molecular weight is 226 g/mol. The van der Waals surface area contributed by atoms with Crippen LogP contribution in [0.2, 0.25) is 0 Å². The molecular weight excluding hydrogens is 222 g/mol. The Morgan fingerprint density at radius 3 is 1.00 bits per heavy atom. The Morgan fingerprint density at radius 1 is 1.00 bits per heavy atom. The zero-order chi connectivity index (χ0) is 7.41. The number of thiocarbonyl (C=S) groups is 2. The summed E-state index contributed by atoms with van der Waals surface area (Å²) in [4.78, 5) is 0. The van der Waals surface area contributed by atoms with E-state index in [0.29, 0.717) is 0 Å². The van der Waals surface area contributed by atoms with E-state index >= 15 is 0 Å². The molecule has 0 aliphatic heterocycles. The van der Waals surface area contributed by atoms with Gasteiger partial charge in [0.1, 0.15) is 0 Å². The van der Waals surface area contributed by atoms with E-state index in [1.807, 2.05) is 0 Å². The standard InChI is InChI=1S/2CNS.CH4O.2K/c2*2-1-3;1-2;;/h;;2H,1H3;;/q2*-1;;2*+1. The van der Waals surface area contributed by atoms with Gasteiger partial charge in [0, 0.05) is 7.11 Å². The minimum absolute atomic E-state index is 0. The topological polar surface area (TPSA) is 64.8 Å². The first-order valence-electron chi connectivity index (χ1n) is 1.30. The number of aliphatic hydroxyl groups is 1. The van der Waals surface area contributed by atoms with Crippen molar-refractivity contribution < 1.29 is 108 Å². The summed E-state index contributed by atoms with van der Waals surface area (Å²) >= 11 is 7.40. The Balaban J connectivity index is -0.0000000116. The maximum atomic E-state index is 7.13. The van der Waals surface area contributed by atoms with Crippen molar-refractivity contribution in [1.82, 2.24) is 0 Å². The van der Waals surface area contributed by atoms with Crippen molar-refractivity contribution in [1.29, 1.82) is 0 Å². The third-order valence-corrected chi connectivity index (χ3v) is 0. The van der Waals surface area contributed by atoms with Gasteiger partial charge in [-0.25, -0.2) is 0 Å². The smallest absolute Gasteiger partial charge is 0.753 e. The van der Waals surface area contributed by atoms with Crippen LogP contribution in [0.1, 0.15) is 0 Å². The molecular formula is C3H4K2N2OS2. The number of isothiocyanates is 2. The predicted molar refractivity (Wildman–Crippen MR) is 40.1 cm³/mol. The van der Waals surface area contributed by atoms with Crippen molar-refractivity contribution >= 4 is 34.8 Å². The molecule has 0 radical (unpaired) electrons. The fraction of sp³-hybridized carbons (Fsp3) is 0.333. The van der Waals surface area contributed by atoms with E-state index in [1.165, 1.54) is 10.3 Å². The zero-order valence-corrected chi connectivity index (χ0v) is 14.0. The quantitative estimate of drug-likeness (QED) is 0.255. The van der Waals surface area contributed by atoms with Crippen molar-refractivity contribution in [3.05, 3.63) is 10.8 Å². The molecule has 7 heteroatoms. The molecule has 0 saturated heterocycles. The van der Waals surface area contributed by atoms with Crippen molar-refractivity contribution in [2.24, 2.45) is 0 Å². The van der Waals surface area contributed by atoms with Crippen LogP contribution in [0.5, 0.6) is 0 Å². The largest absolute Gasteiger partial charge is 1.00 e. The maximum Gasteiger partial charge on any atom is 1.00 e. The van der Waals surface area contributed by atoms with Crippen LogP contribution >= 0.6 is 24.4 Å². The van der Waals surface area contributed by atoms with E-state index in [0.717, 1.165) is 7.11 Å². The first kappa shape index (κ1) is 29.3. The van der Waals surface area contributed by atoms with Crippen LogP contribution in [0.3, 0.4) is 0 Å². The van der Waals surface area contributed by atoms with Crippen molar-refractivity contribution in [2.45, 2.75) is 0 Å². The Bertz CT molecular complexity index is 76.5. The summed E-state index contributed by atoms with van der Waals surface area (Å²) in [5, 5.41) is 23.9. The van der Waals surface area contributed by atoms with Gasteiger partial charge in [0.15, 0.2) is 0 Å². The van der Waals surface area contributed by atoms with Crippen LogP contribution in [0.4, 0.5) is 0 Å². The molecule has 3 nitrogen and oxygen atoms in total. The number of nitrogens with zero attached hydrogens (tertiary/aromatic N) is 2. The number of rotatable bonds is 0. The second-order valence-corrected chi connectivity index (χ2v) is 0.548. The normalized spacial score (nSPS) is 2.20. The molecule has 0 aliphatic rings. The second-order valence-electron chi connectivity index (χ2n) is 0.183. The van der Waals surface area contributed by atoms with Gasteiger partial charge in [-0.2, -0.15) is 10.3 Å². The molecule has 0 aromatic carbocycles. The van der Waals surface area contributed by atoms with Gasteiger partial charge in [0.05, 0.1) is 0 Å². The summed E-state index contributed by atoms with van der Waals surface area (Å²) in [6, 6.07) is 0. The summed E-state index contributed by atoms with van der Waals surface area (Å²) in [5.41, 5.74) is 0. The molecule has 0 unspecified atom stereocenters. The maximum absolute atomic E-state index is 7.13. The average Bonchev–Trinajstić information content (AvgIpc) is 1.75. The summed E-state index contributed by atoms with van der Waals surface area (Å²) in [5.74, 6) is 0. The molecule has 0 saturated carbocycles. The molecule has 0 spiro atoms. The van der Waals surface area contributed by atoms with Crippen LogP contribution in [0, 0.1) is 0 Å².